The fraction of sp³-hybridized carbons (Fsp3) is 0.625. The molecule has 20 heavy (non-hydrogen) atoms. The van der Waals surface area contributed by atoms with E-state index in [-0.39, 0.29) is 11.9 Å². The van der Waals surface area contributed by atoms with E-state index in [0.717, 1.165) is 26.1 Å². The molecule has 0 aromatic heterocycles. The van der Waals surface area contributed by atoms with Crippen molar-refractivity contribution in [2.24, 2.45) is 0 Å². The van der Waals surface area contributed by atoms with Gasteiger partial charge in [0, 0.05) is 19.1 Å². The van der Waals surface area contributed by atoms with Gasteiger partial charge < -0.3 is 9.84 Å². The van der Waals surface area contributed by atoms with E-state index in [2.05, 4.69) is 18.7 Å². The van der Waals surface area contributed by atoms with Gasteiger partial charge in [-0.15, -0.1) is 0 Å². The van der Waals surface area contributed by atoms with Crippen LogP contribution in [0.5, 0.6) is 0 Å². The molecule has 1 aromatic carbocycles. The molecule has 4 heteroatoms. The summed E-state index contributed by atoms with van der Waals surface area (Å²) in [4.78, 5) is 2.37. The van der Waals surface area contributed by atoms with Crippen LogP contribution in [0.4, 0.5) is 4.39 Å². The lowest BCUT2D eigenvalue weighted by molar-refractivity contribution is -0.0591. The Morgan fingerprint density at radius 3 is 3.00 bits per heavy atom. The lowest BCUT2D eigenvalue weighted by Gasteiger charge is -2.38. The molecule has 2 rings (SSSR count). The number of morpholine rings is 1. The summed E-state index contributed by atoms with van der Waals surface area (Å²) in [6.07, 6.45) is 1.29. The van der Waals surface area contributed by atoms with Gasteiger partial charge in [0.05, 0.1) is 18.8 Å². The van der Waals surface area contributed by atoms with Crippen LogP contribution in [0, 0.1) is 5.82 Å². The minimum atomic E-state index is -0.610. The van der Waals surface area contributed by atoms with E-state index < -0.39 is 6.10 Å². The van der Waals surface area contributed by atoms with E-state index in [0.29, 0.717) is 18.0 Å². The number of hydrogen-bond donors (Lipinski definition) is 1. The van der Waals surface area contributed by atoms with Crippen LogP contribution in [0.1, 0.15) is 38.4 Å². The Balaban J connectivity index is 1.90. The van der Waals surface area contributed by atoms with Crippen molar-refractivity contribution in [3.63, 3.8) is 0 Å². The number of halogens is 1. The summed E-state index contributed by atoms with van der Waals surface area (Å²) in [5.74, 6) is -0.298. The van der Waals surface area contributed by atoms with Crippen molar-refractivity contribution in [1.29, 1.82) is 0 Å². The first kappa shape index (κ1) is 15.4. The minimum absolute atomic E-state index is 0.240. The average Bonchev–Trinajstić information content (AvgIpc) is 2.45. The predicted octanol–water partition coefficient (Wildman–Crippen LogP) is 2.75. The van der Waals surface area contributed by atoms with Crippen molar-refractivity contribution in [3.8, 4) is 0 Å². The van der Waals surface area contributed by atoms with E-state index in [9.17, 15) is 9.50 Å². The molecule has 1 saturated heterocycles. The summed E-state index contributed by atoms with van der Waals surface area (Å²) in [7, 11) is 0. The van der Waals surface area contributed by atoms with Gasteiger partial charge in [-0.2, -0.15) is 0 Å². The molecule has 112 valence electrons. The molecule has 3 atom stereocenters. The summed E-state index contributed by atoms with van der Waals surface area (Å²) in [5.41, 5.74) is 0.652. The molecule has 3 unspecified atom stereocenters. The standard InChI is InChI=1S/C16H24FNO2/c1-3-15-11-20-12(2)10-18(15)8-7-16(19)13-5-4-6-14(17)9-13/h4-6,9,12,15-16,19H,3,7-8,10-11H2,1-2H3. The molecule has 0 bridgehead atoms. The third kappa shape index (κ3) is 4.01. The Bertz CT molecular complexity index is 427. The van der Waals surface area contributed by atoms with Crippen LogP contribution < -0.4 is 0 Å². The van der Waals surface area contributed by atoms with Crippen LogP contribution in [0.2, 0.25) is 0 Å². The number of benzene rings is 1. The maximum atomic E-state index is 13.2. The zero-order chi connectivity index (χ0) is 14.5. The highest BCUT2D eigenvalue weighted by atomic mass is 19.1. The highest BCUT2D eigenvalue weighted by Crippen LogP contribution is 2.21. The smallest absolute Gasteiger partial charge is 0.123 e. The quantitative estimate of drug-likeness (QED) is 0.901. The molecular formula is C16H24FNO2. The van der Waals surface area contributed by atoms with Gasteiger partial charge in [0.15, 0.2) is 0 Å². The van der Waals surface area contributed by atoms with Gasteiger partial charge in [0.1, 0.15) is 5.82 Å². The van der Waals surface area contributed by atoms with Gasteiger partial charge in [-0.1, -0.05) is 19.1 Å². The molecule has 1 aliphatic rings. The van der Waals surface area contributed by atoms with E-state index >= 15 is 0 Å². The van der Waals surface area contributed by atoms with Gasteiger partial charge >= 0.3 is 0 Å². The SMILES string of the molecule is CCC1COC(C)CN1CCC(O)c1cccc(F)c1. The third-order valence-corrected chi connectivity index (χ3v) is 3.98. The first-order valence-electron chi connectivity index (χ1n) is 7.39. The Kier molecular flexibility index (Phi) is 5.52. The van der Waals surface area contributed by atoms with Crippen molar-refractivity contribution in [2.75, 3.05) is 19.7 Å². The van der Waals surface area contributed by atoms with Gasteiger partial charge in [-0.05, 0) is 37.5 Å². The number of hydrogen-bond acceptors (Lipinski definition) is 3. The van der Waals surface area contributed by atoms with Crippen molar-refractivity contribution >= 4 is 0 Å². The molecule has 3 nitrogen and oxygen atoms in total. The van der Waals surface area contributed by atoms with E-state index in [1.165, 1.54) is 12.1 Å². The number of ether oxygens (including phenoxy) is 1. The zero-order valence-corrected chi connectivity index (χ0v) is 12.3. The molecule has 1 aliphatic heterocycles. The second kappa shape index (κ2) is 7.16. The Hall–Kier alpha value is -0.970. The minimum Gasteiger partial charge on any atom is -0.388 e. The number of aliphatic hydroxyl groups is 1. The molecule has 1 N–H and O–H groups in total. The number of nitrogens with zero attached hydrogens (tertiary/aromatic N) is 1. The third-order valence-electron chi connectivity index (χ3n) is 3.98. The number of rotatable bonds is 5. The molecule has 1 heterocycles. The molecule has 0 radical (unpaired) electrons. The largest absolute Gasteiger partial charge is 0.388 e. The normalized spacial score (nSPS) is 25.6. The highest BCUT2D eigenvalue weighted by molar-refractivity contribution is 5.18. The molecule has 0 spiro atoms. The monoisotopic (exact) mass is 281 g/mol. The zero-order valence-electron chi connectivity index (χ0n) is 12.3. The molecule has 1 fully saturated rings. The molecule has 1 aromatic rings. The van der Waals surface area contributed by atoms with Crippen LogP contribution >= 0.6 is 0 Å². The van der Waals surface area contributed by atoms with E-state index in [4.69, 9.17) is 4.74 Å². The summed E-state index contributed by atoms with van der Waals surface area (Å²) < 4.78 is 18.8. The summed E-state index contributed by atoms with van der Waals surface area (Å²) >= 11 is 0. The highest BCUT2D eigenvalue weighted by Gasteiger charge is 2.25. The first-order valence-corrected chi connectivity index (χ1v) is 7.39. The molecule has 0 aliphatic carbocycles. The van der Waals surface area contributed by atoms with Gasteiger partial charge in [0.25, 0.3) is 0 Å². The Morgan fingerprint density at radius 1 is 1.50 bits per heavy atom. The lowest BCUT2D eigenvalue weighted by atomic mass is 10.0. The maximum Gasteiger partial charge on any atom is 0.123 e. The maximum absolute atomic E-state index is 13.2. The van der Waals surface area contributed by atoms with Crippen molar-refractivity contribution in [1.82, 2.24) is 4.90 Å². The van der Waals surface area contributed by atoms with Crippen LogP contribution in [0.15, 0.2) is 24.3 Å². The van der Waals surface area contributed by atoms with Crippen LogP contribution in [0.3, 0.4) is 0 Å². The Morgan fingerprint density at radius 2 is 2.30 bits per heavy atom. The topological polar surface area (TPSA) is 32.7 Å². The Labute approximate surface area is 120 Å². The van der Waals surface area contributed by atoms with Crippen molar-refractivity contribution in [2.45, 2.75) is 44.9 Å². The van der Waals surface area contributed by atoms with Gasteiger partial charge in [-0.3, -0.25) is 4.90 Å². The fourth-order valence-electron chi connectivity index (χ4n) is 2.73. The lowest BCUT2D eigenvalue weighted by Crippen LogP contribution is -2.48. The van der Waals surface area contributed by atoms with Crippen molar-refractivity contribution < 1.29 is 14.2 Å². The van der Waals surface area contributed by atoms with Crippen LogP contribution in [-0.4, -0.2) is 41.8 Å². The second-order valence-electron chi connectivity index (χ2n) is 5.56. The van der Waals surface area contributed by atoms with Crippen LogP contribution in [-0.2, 0) is 4.74 Å². The predicted molar refractivity (Wildman–Crippen MR) is 77.0 cm³/mol. The summed E-state index contributed by atoms with van der Waals surface area (Å²) in [6.45, 7) is 6.69. The molecular weight excluding hydrogens is 257 g/mol. The molecule has 0 amide bonds. The first-order chi connectivity index (χ1) is 9.60. The van der Waals surface area contributed by atoms with Crippen LogP contribution in [0.25, 0.3) is 0 Å². The van der Waals surface area contributed by atoms with Gasteiger partial charge in [-0.25, -0.2) is 4.39 Å². The fourth-order valence-corrected chi connectivity index (χ4v) is 2.73. The molecule has 0 saturated carbocycles. The number of aliphatic hydroxyl groups excluding tert-OH is 1. The van der Waals surface area contributed by atoms with E-state index in [1.54, 1.807) is 12.1 Å². The second-order valence-corrected chi connectivity index (χ2v) is 5.56. The average molecular weight is 281 g/mol. The van der Waals surface area contributed by atoms with Crippen molar-refractivity contribution in [3.05, 3.63) is 35.6 Å². The summed E-state index contributed by atoms with van der Waals surface area (Å²) in [5, 5.41) is 10.2. The van der Waals surface area contributed by atoms with Gasteiger partial charge in [0.2, 0.25) is 0 Å². The summed E-state index contributed by atoms with van der Waals surface area (Å²) in [6, 6.07) is 6.63. The van der Waals surface area contributed by atoms with E-state index in [1.807, 2.05) is 0 Å².